The normalized spacial score (nSPS) is 11.3. The number of sulfone groups is 1. The first-order valence-corrected chi connectivity index (χ1v) is 6.02. The van der Waals surface area contributed by atoms with Crippen molar-refractivity contribution in [3.63, 3.8) is 0 Å². The Morgan fingerprint density at radius 1 is 1.40 bits per heavy atom. The molecule has 0 aliphatic rings. The van der Waals surface area contributed by atoms with Crippen LogP contribution in [0.1, 0.15) is 17.3 Å². The van der Waals surface area contributed by atoms with Crippen molar-refractivity contribution < 1.29 is 17.6 Å². The van der Waals surface area contributed by atoms with Crippen LogP contribution in [0.4, 0.5) is 4.39 Å². The zero-order valence-electron chi connectivity index (χ0n) is 8.23. The molecule has 3 nitrogen and oxygen atoms in total. The lowest BCUT2D eigenvalue weighted by Gasteiger charge is -2.03. The van der Waals surface area contributed by atoms with Crippen molar-refractivity contribution in [2.75, 3.05) is 12.4 Å². The van der Waals surface area contributed by atoms with Gasteiger partial charge < -0.3 is 0 Å². The Labute approximate surface area is 87.8 Å². The van der Waals surface area contributed by atoms with Crippen LogP contribution in [0.2, 0.25) is 0 Å². The molecule has 0 spiro atoms. The lowest BCUT2D eigenvalue weighted by molar-refractivity contribution is 0.101. The molecule has 1 aromatic carbocycles. The van der Waals surface area contributed by atoms with Crippen LogP contribution in [-0.2, 0) is 9.84 Å². The van der Waals surface area contributed by atoms with Crippen LogP contribution < -0.4 is 0 Å². The average molecular weight is 230 g/mol. The number of Topliss-reactive ketones (excluding diaryl/α,β-unsaturated/α-hetero) is 1. The molecule has 0 atom stereocenters. The monoisotopic (exact) mass is 230 g/mol. The molecule has 15 heavy (non-hydrogen) atoms. The fourth-order valence-electron chi connectivity index (χ4n) is 1.13. The minimum atomic E-state index is -3.59. The van der Waals surface area contributed by atoms with Crippen LogP contribution in [0.3, 0.4) is 0 Å². The number of rotatable bonds is 4. The minimum absolute atomic E-state index is 0.00662. The highest BCUT2D eigenvalue weighted by atomic mass is 32.2. The Morgan fingerprint density at radius 2 is 2.07 bits per heavy atom. The van der Waals surface area contributed by atoms with Crippen molar-refractivity contribution in [1.82, 2.24) is 0 Å². The molecule has 0 amide bonds. The van der Waals surface area contributed by atoms with Crippen LogP contribution in [0.5, 0.6) is 0 Å². The van der Waals surface area contributed by atoms with Crippen LogP contribution >= 0.6 is 0 Å². The predicted octanol–water partition coefficient (Wildman–Crippen LogP) is 1.63. The van der Waals surface area contributed by atoms with Crippen molar-refractivity contribution in [2.45, 2.75) is 11.8 Å². The van der Waals surface area contributed by atoms with Gasteiger partial charge in [-0.25, -0.2) is 12.8 Å². The van der Waals surface area contributed by atoms with Crippen LogP contribution in [0.25, 0.3) is 0 Å². The number of carbonyl (C=O) groups is 1. The molecule has 0 fully saturated rings. The van der Waals surface area contributed by atoms with Gasteiger partial charge in [-0.05, 0) is 19.1 Å². The highest BCUT2D eigenvalue weighted by Crippen LogP contribution is 2.13. The van der Waals surface area contributed by atoms with Gasteiger partial charge in [0.25, 0.3) is 0 Å². The van der Waals surface area contributed by atoms with Gasteiger partial charge in [-0.3, -0.25) is 4.79 Å². The Bertz CT molecular complexity index is 465. The van der Waals surface area contributed by atoms with Gasteiger partial charge >= 0.3 is 0 Å². The van der Waals surface area contributed by atoms with Crippen LogP contribution in [0, 0.1) is 0 Å². The summed E-state index contributed by atoms with van der Waals surface area (Å²) in [5.41, 5.74) is 0.315. The second-order valence-corrected chi connectivity index (χ2v) is 5.20. The number of halogens is 1. The molecule has 0 N–H and O–H groups in total. The molecular formula is C10H11FO3S. The van der Waals surface area contributed by atoms with E-state index in [0.29, 0.717) is 5.56 Å². The summed E-state index contributed by atoms with van der Waals surface area (Å²) in [6.07, 6.45) is 0. The van der Waals surface area contributed by atoms with E-state index in [4.69, 9.17) is 0 Å². The SMILES string of the molecule is CC(=O)c1cccc(S(=O)(=O)CCF)c1. The third-order valence-electron chi connectivity index (χ3n) is 1.95. The molecule has 1 rings (SSSR count). The van der Waals surface area contributed by atoms with E-state index < -0.39 is 22.3 Å². The maximum Gasteiger partial charge on any atom is 0.180 e. The number of benzene rings is 1. The second kappa shape index (κ2) is 4.53. The summed E-state index contributed by atoms with van der Waals surface area (Å²) >= 11 is 0. The first-order chi connectivity index (χ1) is 6.97. The molecule has 0 bridgehead atoms. The number of alkyl halides is 1. The van der Waals surface area contributed by atoms with E-state index >= 15 is 0 Å². The Balaban J connectivity index is 3.16. The first kappa shape index (κ1) is 11.8. The van der Waals surface area contributed by atoms with Crippen molar-refractivity contribution in [1.29, 1.82) is 0 Å². The van der Waals surface area contributed by atoms with Gasteiger partial charge in [0, 0.05) is 5.56 Å². The van der Waals surface area contributed by atoms with E-state index in [2.05, 4.69) is 0 Å². The van der Waals surface area contributed by atoms with Crippen molar-refractivity contribution in [3.05, 3.63) is 29.8 Å². The zero-order chi connectivity index (χ0) is 11.5. The molecular weight excluding hydrogens is 219 g/mol. The van der Waals surface area contributed by atoms with Gasteiger partial charge in [0.2, 0.25) is 0 Å². The Kier molecular flexibility index (Phi) is 3.57. The lowest BCUT2D eigenvalue weighted by Crippen LogP contribution is -2.09. The molecule has 0 aromatic heterocycles. The van der Waals surface area contributed by atoms with E-state index in [-0.39, 0.29) is 10.7 Å². The molecule has 82 valence electrons. The standard InChI is InChI=1S/C10H11FO3S/c1-8(12)9-3-2-4-10(7-9)15(13,14)6-5-11/h2-4,7H,5-6H2,1H3. The molecule has 1 aromatic rings. The lowest BCUT2D eigenvalue weighted by atomic mass is 10.2. The third kappa shape index (κ3) is 2.86. The van der Waals surface area contributed by atoms with E-state index in [9.17, 15) is 17.6 Å². The summed E-state index contributed by atoms with van der Waals surface area (Å²) < 4.78 is 34.9. The zero-order valence-corrected chi connectivity index (χ0v) is 9.05. The Hall–Kier alpha value is -1.23. The first-order valence-electron chi connectivity index (χ1n) is 4.37. The highest BCUT2D eigenvalue weighted by Gasteiger charge is 2.14. The molecule has 0 aliphatic heterocycles. The van der Waals surface area contributed by atoms with Gasteiger partial charge in [0.05, 0.1) is 10.6 Å². The largest absolute Gasteiger partial charge is 0.295 e. The number of carbonyl (C=O) groups excluding carboxylic acids is 1. The van der Waals surface area contributed by atoms with Gasteiger partial charge in [0.15, 0.2) is 15.6 Å². The Morgan fingerprint density at radius 3 is 2.60 bits per heavy atom. The van der Waals surface area contributed by atoms with E-state index in [1.165, 1.54) is 31.2 Å². The molecule has 0 heterocycles. The quantitative estimate of drug-likeness (QED) is 0.739. The molecule has 0 unspecified atom stereocenters. The van der Waals surface area contributed by atoms with Gasteiger partial charge in [0.1, 0.15) is 6.67 Å². The predicted molar refractivity (Wildman–Crippen MR) is 54.5 cm³/mol. The smallest absolute Gasteiger partial charge is 0.180 e. The number of ketones is 1. The van der Waals surface area contributed by atoms with Crippen molar-refractivity contribution >= 4 is 15.6 Å². The van der Waals surface area contributed by atoms with Crippen molar-refractivity contribution in [3.8, 4) is 0 Å². The maximum atomic E-state index is 12.0. The summed E-state index contributed by atoms with van der Waals surface area (Å²) in [6, 6.07) is 5.63. The van der Waals surface area contributed by atoms with E-state index in [1.807, 2.05) is 0 Å². The summed E-state index contributed by atoms with van der Waals surface area (Å²) in [5.74, 6) is -0.763. The van der Waals surface area contributed by atoms with Gasteiger partial charge in [-0.1, -0.05) is 12.1 Å². The van der Waals surface area contributed by atoms with E-state index in [0.717, 1.165) is 0 Å². The van der Waals surface area contributed by atoms with Crippen LogP contribution in [0.15, 0.2) is 29.2 Å². The molecule has 0 radical (unpaired) electrons. The second-order valence-electron chi connectivity index (χ2n) is 3.09. The molecule has 5 heteroatoms. The summed E-state index contributed by atoms with van der Waals surface area (Å²) in [7, 11) is -3.59. The third-order valence-corrected chi connectivity index (χ3v) is 3.61. The summed E-state index contributed by atoms with van der Waals surface area (Å²) in [4.78, 5) is 11.0. The molecule has 0 saturated carbocycles. The topological polar surface area (TPSA) is 51.2 Å². The average Bonchev–Trinajstić information content (AvgIpc) is 2.18. The fraction of sp³-hybridized carbons (Fsp3) is 0.300. The van der Waals surface area contributed by atoms with Gasteiger partial charge in [-0.15, -0.1) is 0 Å². The van der Waals surface area contributed by atoms with E-state index in [1.54, 1.807) is 0 Å². The number of hydrogen-bond acceptors (Lipinski definition) is 3. The fourth-order valence-corrected chi connectivity index (χ4v) is 2.16. The number of hydrogen-bond donors (Lipinski definition) is 0. The highest BCUT2D eigenvalue weighted by molar-refractivity contribution is 7.91. The summed E-state index contributed by atoms with van der Waals surface area (Å²) in [5, 5.41) is 0. The van der Waals surface area contributed by atoms with Gasteiger partial charge in [-0.2, -0.15) is 0 Å². The maximum absolute atomic E-state index is 12.0. The molecule has 0 saturated heterocycles. The minimum Gasteiger partial charge on any atom is -0.295 e. The van der Waals surface area contributed by atoms with Crippen molar-refractivity contribution in [2.24, 2.45) is 0 Å². The summed E-state index contributed by atoms with van der Waals surface area (Å²) in [6.45, 7) is 0.424. The molecule has 0 aliphatic carbocycles. The van der Waals surface area contributed by atoms with Crippen LogP contribution in [-0.4, -0.2) is 26.6 Å².